The highest BCUT2D eigenvalue weighted by Crippen LogP contribution is 2.25. The summed E-state index contributed by atoms with van der Waals surface area (Å²) >= 11 is 11.9. The number of carbonyl (C=O) groups excluding carboxylic acids is 2. The fourth-order valence-corrected chi connectivity index (χ4v) is 3.07. The number of carbonyl (C=O) groups is 2. The minimum absolute atomic E-state index is 0.0212. The van der Waals surface area contributed by atoms with Gasteiger partial charge < -0.3 is 10.2 Å². The first kappa shape index (κ1) is 17.1. The van der Waals surface area contributed by atoms with Crippen LogP contribution in [0.15, 0.2) is 18.2 Å². The molecule has 0 bridgehead atoms. The smallest absolute Gasteiger partial charge is 0.255 e. The molecule has 1 aliphatic rings. The Kier molecular flexibility index (Phi) is 5.70. The Morgan fingerprint density at radius 3 is 2.41 bits per heavy atom. The molecule has 4 nitrogen and oxygen atoms in total. The Bertz CT molecular complexity index is 567. The topological polar surface area (TPSA) is 49.4 Å². The summed E-state index contributed by atoms with van der Waals surface area (Å²) in [4.78, 5) is 26.2. The zero-order valence-corrected chi connectivity index (χ0v) is 14.2. The SMILES string of the molecule is CC(C)NC(=O)C1CCN(C(=O)c2ccc(Cl)cc2Cl)CC1. The third-order valence-corrected chi connectivity index (χ3v) is 4.29. The number of nitrogens with zero attached hydrogens (tertiary/aromatic N) is 1. The van der Waals surface area contributed by atoms with Crippen molar-refractivity contribution in [3.05, 3.63) is 33.8 Å². The molecule has 1 N–H and O–H groups in total. The number of halogens is 2. The van der Waals surface area contributed by atoms with Gasteiger partial charge in [0.1, 0.15) is 0 Å². The maximum atomic E-state index is 12.5. The zero-order valence-electron chi connectivity index (χ0n) is 12.7. The highest BCUT2D eigenvalue weighted by Gasteiger charge is 2.28. The second-order valence-electron chi connectivity index (χ2n) is 5.85. The lowest BCUT2D eigenvalue weighted by Crippen LogP contribution is -2.44. The summed E-state index contributed by atoms with van der Waals surface area (Å²) in [5, 5.41) is 3.79. The van der Waals surface area contributed by atoms with E-state index in [1.54, 1.807) is 23.1 Å². The lowest BCUT2D eigenvalue weighted by atomic mass is 9.95. The summed E-state index contributed by atoms with van der Waals surface area (Å²) in [6.07, 6.45) is 1.35. The molecular weight excluding hydrogens is 323 g/mol. The molecule has 0 unspecified atom stereocenters. The summed E-state index contributed by atoms with van der Waals surface area (Å²) in [5.41, 5.74) is 0.455. The minimum Gasteiger partial charge on any atom is -0.354 e. The molecule has 0 radical (unpaired) electrons. The van der Waals surface area contributed by atoms with Crippen LogP contribution in [0.5, 0.6) is 0 Å². The number of hydrogen-bond acceptors (Lipinski definition) is 2. The Labute approximate surface area is 140 Å². The number of nitrogens with one attached hydrogen (secondary N) is 1. The Hall–Kier alpha value is -1.26. The number of rotatable bonds is 3. The van der Waals surface area contributed by atoms with Crippen LogP contribution >= 0.6 is 23.2 Å². The van der Waals surface area contributed by atoms with Gasteiger partial charge in [0.2, 0.25) is 5.91 Å². The summed E-state index contributed by atoms with van der Waals surface area (Å²) in [6, 6.07) is 5.01. The second-order valence-corrected chi connectivity index (χ2v) is 6.70. The van der Waals surface area contributed by atoms with Gasteiger partial charge in [0.15, 0.2) is 0 Å². The highest BCUT2D eigenvalue weighted by atomic mass is 35.5. The van der Waals surface area contributed by atoms with Crippen molar-refractivity contribution in [3.8, 4) is 0 Å². The molecule has 1 aromatic rings. The van der Waals surface area contributed by atoms with Crippen LogP contribution in [0, 0.1) is 5.92 Å². The van der Waals surface area contributed by atoms with Crippen molar-refractivity contribution in [1.29, 1.82) is 0 Å². The first-order chi connectivity index (χ1) is 10.4. The molecule has 22 heavy (non-hydrogen) atoms. The molecule has 0 atom stereocenters. The van der Waals surface area contributed by atoms with E-state index < -0.39 is 0 Å². The summed E-state index contributed by atoms with van der Waals surface area (Å²) in [5.74, 6) is -0.0526. The largest absolute Gasteiger partial charge is 0.354 e. The van der Waals surface area contributed by atoms with Crippen molar-refractivity contribution in [2.75, 3.05) is 13.1 Å². The molecule has 1 aliphatic heterocycles. The number of likely N-dealkylation sites (tertiary alicyclic amines) is 1. The molecule has 1 saturated heterocycles. The number of hydrogen-bond donors (Lipinski definition) is 1. The van der Waals surface area contributed by atoms with Gasteiger partial charge >= 0.3 is 0 Å². The Morgan fingerprint density at radius 1 is 1.23 bits per heavy atom. The summed E-state index contributed by atoms with van der Waals surface area (Å²) in [6.45, 7) is 5.01. The van der Waals surface area contributed by atoms with Crippen molar-refractivity contribution in [3.63, 3.8) is 0 Å². The minimum atomic E-state index is -0.107. The van der Waals surface area contributed by atoms with Crippen molar-refractivity contribution < 1.29 is 9.59 Å². The quantitative estimate of drug-likeness (QED) is 0.915. The number of amides is 2. The Morgan fingerprint density at radius 2 is 1.86 bits per heavy atom. The van der Waals surface area contributed by atoms with E-state index in [4.69, 9.17) is 23.2 Å². The van der Waals surface area contributed by atoms with E-state index in [0.29, 0.717) is 41.5 Å². The summed E-state index contributed by atoms with van der Waals surface area (Å²) in [7, 11) is 0. The maximum Gasteiger partial charge on any atom is 0.255 e. The standard InChI is InChI=1S/C16H20Cl2N2O2/c1-10(2)19-15(21)11-5-7-20(8-6-11)16(22)13-4-3-12(17)9-14(13)18/h3-4,9-11H,5-8H2,1-2H3,(H,19,21). The highest BCUT2D eigenvalue weighted by molar-refractivity contribution is 6.36. The predicted molar refractivity (Wildman–Crippen MR) is 88.4 cm³/mol. The van der Waals surface area contributed by atoms with Gasteiger partial charge in [-0.3, -0.25) is 9.59 Å². The van der Waals surface area contributed by atoms with Crippen LogP contribution in [0.3, 0.4) is 0 Å². The first-order valence-electron chi connectivity index (χ1n) is 7.43. The number of benzene rings is 1. The van der Waals surface area contributed by atoms with Crippen LogP contribution in [0.1, 0.15) is 37.0 Å². The molecule has 6 heteroatoms. The molecule has 0 aliphatic carbocycles. The van der Waals surface area contributed by atoms with Gasteiger partial charge in [0, 0.05) is 30.1 Å². The van der Waals surface area contributed by atoms with Crippen molar-refractivity contribution >= 4 is 35.0 Å². The monoisotopic (exact) mass is 342 g/mol. The fourth-order valence-electron chi connectivity index (χ4n) is 2.58. The van der Waals surface area contributed by atoms with Gasteiger partial charge in [-0.1, -0.05) is 23.2 Å². The molecule has 2 rings (SSSR count). The average molecular weight is 343 g/mol. The predicted octanol–water partition coefficient (Wildman–Crippen LogP) is 3.37. The lowest BCUT2D eigenvalue weighted by Gasteiger charge is -2.32. The summed E-state index contributed by atoms with van der Waals surface area (Å²) < 4.78 is 0. The van der Waals surface area contributed by atoms with Crippen LogP contribution in [0.4, 0.5) is 0 Å². The van der Waals surface area contributed by atoms with Crippen LogP contribution in [0.2, 0.25) is 10.0 Å². The van der Waals surface area contributed by atoms with E-state index in [-0.39, 0.29) is 23.8 Å². The normalized spacial score (nSPS) is 16.0. The number of piperidine rings is 1. The molecule has 1 aromatic carbocycles. The van der Waals surface area contributed by atoms with Gasteiger partial charge in [-0.25, -0.2) is 0 Å². The van der Waals surface area contributed by atoms with Crippen molar-refractivity contribution in [2.45, 2.75) is 32.7 Å². The molecule has 0 saturated carbocycles. The average Bonchev–Trinajstić information content (AvgIpc) is 2.46. The van der Waals surface area contributed by atoms with Gasteiger partial charge in [-0.15, -0.1) is 0 Å². The van der Waals surface area contributed by atoms with E-state index in [1.165, 1.54) is 0 Å². The second kappa shape index (κ2) is 7.34. The fraction of sp³-hybridized carbons (Fsp3) is 0.500. The van der Waals surface area contributed by atoms with Gasteiger partial charge in [0.25, 0.3) is 5.91 Å². The van der Waals surface area contributed by atoms with Crippen LogP contribution < -0.4 is 5.32 Å². The van der Waals surface area contributed by atoms with Crippen LogP contribution in [-0.2, 0) is 4.79 Å². The van der Waals surface area contributed by atoms with Crippen LogP contribution in [0.25, 0.3) is 0 Å². The Balaban J connectivity index is 1.96. The maximum absolute atomic E-state index is 12.5. The van der Waals surface area contributed by atoms with Crippen molar-refractivity contribution in [1.82, 2.24) is 10.2 Å². The molecule has 2 amide bonds. The van der Waals surface area contributed by atoms with Gasteiger partial charge in [-0.05, 0) is 44.9 Å². The molecule has 120 valence electrons. The van der Waals surface area contributed by atoms with Gasteiger partial charge in [0.05, 0.1) is 10.6 Å². The third-order valence-electron chi connectivity index (χ3n) is 3.75. The van der Waals surface area contributed by atoms with Gasteiger partial charge in [-0.2, -0.15) is 0 Å². The molecular formula is C16H20Cl2N2O2. The van der Waals surface area contributed by atoms with E-state index >= 15 is 0 Å². The van der Waals surface area contributed by atoms with E-state index in [9.17, 15) is 9.59 Å². The third kappa shape index (κ3) is 4.14. The molecule has 1 fully saturated rings. The molecule has 0 spiro atoms. The lowest BCUT2D eigenvalue weighted by molar-refractivity contribution is -0.126. The van der Waals surface area contributed by atoms with E-state index in [2.05, 4.69) is 5.32 Å². The van der Waals surface area contributed by atoms with E-state index in [1.807, 2.05) is 13.8 Å². The first-order valence-corrected chi connectivity index (χ1v) is 8.18. The van der Waals surface area contributed by atoms with Crippen LogP contribution in [-0.4, -0.2) is 35.8 Å². The van der Waals surface area contributed by atoms with E-state index in [0.717, 1.165) is 0 Å². The van der Waals surface area contributed by atoms with Crippen molar-refractivity contribution in [2.24, 2.45) is 5.92 Å². The molecule has 1 heterocycles. The molecule has 0 aromatic heterocycles. The zero-order chi connectivity index (χ0) is 16.3.